The van der Waals surface area contributed by atoms with Crippen molar-refractivity contribution in [2.75, 3.05) is 18.9 Å². The Labute approximate surface area is 112 Å². The summed E-state index contributed by atoms with van der Waals surface area (Å²) < 4.78 is 0. The molecule has 0 radical (unpaired) electrons. The van der Waals surface area contributed by atoms with Crippen LogP contribution in [0, 0.1) is 0 Å². The van der Waals surface area contributed by atoms with Gasteiger partial charge < -0.3 is 10.6 Å². The summed E-state index contributed by atoms with van der Waals surface area (Å²) in [5.74, 6) is -0.183. The van der Waals surface area contributed by atoms with Crippen LogP contribution in [0.3, 0.4) is 0 Å². The van der Waals surface area contributed by atoms with E-state index < -0.39 is 0 Å². The van der Waals surface area contributed by atoms with Gasteiger partial charge in [0.15, 0.2) is 0 Å². The van der Waals surface area contributed by atoms with E-state index in [1.54, 1.807) is 31.7 Å². The number of carbonyl (C=O) groups is 1. The van der Waals surface area contributed by atoms with Crippen LogP contribution in [0.4, 0.5) is 5.69 Å². The molecule has 0 saturated heterocycles. The Kier molecular flexibility index (Phi) is 4.44. The lowest BCUT2D eigenvalue weighted by molar-refractivity contribution is 0.0958. The minimum absolute atomic E-state index is 0.183. The van der Waals surface area contributed by atoms with Crippen molar-refractivity contribution in [2.24, 2.45) is 0 Å². The lowest BCUT2D eigenvalue weighted by Crippen LogP contribution is -2.19. The van der Waals surface area contributed by atoms with E-state index in [4.69, 9.17) is 0 Å². The van der Waals surface area contributed by atoms with Crippen molar-refractivity contribution in [3.05, 3.63) is 54.1 Å². The number of nitrogens with one attached hydrogen (secondary N) is 2. The Morgan fingerprint density at radius 1 is 1.21 bits per heavy atom. The molecule has 2 heterocycles. The van der Waals surface area contributed by atoms with Crippen LogP contribution in [0.1, 0.15) is 16.1 Å². The highest BCUT2D eigenvalue weighted by molar-refractivity contribution is 5.92. The zero-order valence-electron chi connectivity index (χ0n) is 10.8. The summed E-state index contributed by atoms with van der Waals surface area (Å²) >= 11 is 0. The molecule has 5 nitrogen and oxygen atoms in total. The molecule has 1 amide bonds. The highest BCUT2D eigenvalue weighted by Gasteiger charge is 2.04. The first kappa shape index (κ1) is 13.0. The SMILES string of the molecule is CNC(=O)c1cc(NCCc2ccncc2)ccn1. The monoisotopic (exact) mass is 256 g/mol. The maximum absolute atomic E-state index is 11.5. The third-order valence-corrected chi connectivity index (χ3v) is 2.71. The molecule has 0 atom stereocenters. The molecule has 2 N–H and O–H groups in total. The van der Waals surface area contributed by atoms with Gasteiger partial charge in [-0.15, -0.1) is 0 Å². The summed E-state index contributed by atoms with van der Waals surface area (Å²) in [7, 11) is 1.59. The topological polar surface area (TPSA) is 66.9 Å². The van der Waals surface area contributed by atoms with Crippen molar-refractivity contribution in [1.82, 2.24) is 15.3 Å². The van der Waals surface area contributed by atoms with Gasteiger partial charge >= 0.3 is 0 Å². The number of aromatic nitrogens is 2. The molecular weight excluding hydrogens is 240 g/mol. The van der Waals surface area contributed by atoms with E-state index in [1.165, 1.54) is 5.56 Å². The Bertz CT molecular complexity index is 542. The summed E-state index contributed by atoms with van der Waals surface area (Å²) in [6, 6.07) is 7.57. The number of amides is 1. The van der Waals surface area contributed by atoms with E-state index in [0.717, 1.165) is 18.7 Å². The van der Waals surface area contributed by atoms with Crippen molar-refractivity contribution in [2.45, 2.75) is 6.42 Å². The lowest BCUT2D eigenvalue weighted by atomic mass is 10.2. The number of pyridine rings is 2. The van der Waals surface area contributed by atoms with E-state index in [1.807, 2.05) is 18.2 Å². The normalized spacial score (nSPS) is 9.95. The van der Waals surface area contributed by atoms with Crippen LogP contribution in [0.25, 0.3) is 0 Å². The summed E-state index contributed by atoms with van der Waals surface area (Å²) in [6.07, 6.45) is 6.09. The molecule has 2 aromatic heterocycles. The molecule has 2 aromatic rings. The zero-order chi connectivity index (χ0) is 13.5. The number of rotatable bonds is 5. The van der Waals surface area contributed by atoms with Crippen LogP contribution < -0.4 is 10.6 Å². The van der Waals surface area contributed by atoms with Crippen LogP contribution in [0.2, 0.25) is 0 Å². The highest BCUT2D eigenvalue weighted by atomic mass is 16.1. The molecule has 0 aliphatic carbocycles. The van der Waals surface area contributed by atoms with Crippen molar-refractivity contribution in [1.29, 1.82) is 0 Å². The predicted molar refractivity (Wildman–Crippen MR) is 74.1 cm³/mol. The lowest BCUT2D eigenvalue weighted by Gasteiger charge is -2.07. The van der Waals surface area contributed by atoms with Gasteiger partial charge in [-0.2, -0.15) is 0 Å². The van der Waals surface area contributed by atoms with Crippen LogP contribution in [-0.4, -0.2) is 29.5 Å². The second-order valence-corrected chi connectivity index (χ2v) is 4.04. The van der Waals surface area contributed by atoms with Gasteiger partial charge in [0.05, 0.1) is 0 Å². The number of nitrogens with zero attached hydrogens (tertiary/aromatic N) is 2. The fourth-order valence-corrected chi connectivity index (χ4v) is 1.69. The zero-order valence-corrected chi connectivity index (χ0v) is 10.8. The van der Waals surface area contributed by atoms with E-state index in [0.29, 0.717) is 5.69 Å². The molecule has 5 heteroatoms. The summed E-state index contributed by atoms with van der Waals surface area (Å²) in [6.45, 7) is 0.793. The van der Waals surface area contributed by atoms with Gasteiger partial charge in [-0.1, -0.05) is 0 Å². The highest BCUT2D eigenvalue weighted by Crippen LogP contribution is 2.08. The largest absolute Gasteiger partial charge is 0.385 e. The van der Waals surface area contributed by atoms with Crippen LogP contribution >= 0.6 is 0 Å². The molecule has 0 aliphatic heterocycles. The average Bonchev–Trinajstić information content (AvgIpc) is 2.48. The Morgan fingerprint density at radius 3 is 2.74 bits per heavy atom. The first-order valence-corrected chi connectivity index (χ1v) is 6.10. The molecule has 98 valence electrons. The van der Waals surface area contributed by atoms with Crippen molar-refractivity contribution in [3.63, 3.8) is 0 Å². The first-order chi connectivity index (χ1) is 9.29. The van der Waals surface area contributed by atoms with Crippen molar-refractivity contribution < 1.29 is 4.79 Å². The Balaban J connectivity index is 1.91. The van der Waals surface area contributed by atoms with Gasteiger partial charge in [-0.05, 0) is 36.2 Å². The van der Waals surface area contributed by atoms with Crippen LogP contribution in [-0.2, 0) is 6.42 Å². The van der Waals surface area contributed by atoms with E-state index >= 15 is 0 Å². The van der Waals surface area contributed by atoms with E-state index in [9.17, 15) is 4.79 Å². The Morgan fingerprint density at radius 2 is 2.00 bits per heavy atom. The summed E-state index contributed by atoms with van der Waals surface area (Å²) in [4.78, 5) is 19.4. The quantitative estimate of drug-likeness (QED) is 0.850. The molecule has 0 spiro atoms. The van der Waals surface area contributed by atoms with Crippen LogP contribution in [0.15, 0.2) is 42.9 Å². The summed E-state index contributed by atoms with van der Waals surface area (Å²) in [5, 5.41) is 5.83. The van der Waals surface area contributed by atoms with Gasteiger partial charge in [0.2, 0.25) is 0 Å². The standard InChI is InChI=1S/C14H16N4O/c1-15-14(19)13-10-12(5-9-18-13)17-8-4-11-2-6-16-7-3-11/h2-3,5-7,9-10H,4,8H2,1H3,(H,15,19)(H,17,18). The number of carbonyl (C=O) groups excluding carboxylic acids is 1. The second kappa shape index (κ2) is 6.49. The third kappa shape index (κ3) is 3.77. The smallest absolute Gasteiger partial charge is 0.269 e. The second-order valence-electron chi connectivity index (χ2n) is 4.04. The van der Waals surface area contributed by atoms with Gasteiger partial charge in [0.1, 0.15) is 5.69 Å². The molecule has 0 fully saturated rings. The minimum Gasteiger partial charge on any atom is -0.385 e. The molecule has 19 heavy (non-hydrogen) atoms. The van der Waals surface area contributed by atoms with Gasteiger partial charge in [0, 0.05) is 37.9 Å². The summed E-state index contributed by atoms with van der Waals surface area (Å²) in [5.41, 5.74) is 2.53. The van der Waals surface area contributed by atoms with Crippen molar-refractivity contribution in [3.8, 4) is 0 Å². The molecule has 2 rings (SSSR count). The Hall–Kier alpha value is -2.43. The molecule has 0 aromatic carbocycles. The van der Waals surface area contributed by atoms with Crippen molar-refractivity contribution >= 4 is 11.6 Å². The fraction of sp³-hybridized carbons (Fsp3) is 0.214. The molecule has 0 unspecified atom stereocenters. The average molecular weight is 256 g/mol. The molecule has 0 aliphatic rings. The number of hydrogen-bond acceptors (Lipinski definition) is 4. The first-order valence-electron chi connectivity index (χ1n) is 6.10. The molecule has 0 bridgehead atoms. The fourth-order valence-electron chi connectivity index (χ4n) is 1.69. The van der Waals surface area contributed by atoms with Gasteiger partial charge in [0.25, 0.3) is 5.91 Å². The maximum atomic E-state index is 11.5. The van der Waals surface area contributed by atoms with E-state index in [-0.39, 0.29) is 5.91 Å². The molecular formula is C14H16N4O. The maximum Gasteiger partial charge on any atom is 0.269 e. The number of hydrogen-bond donors (Lipinski definition) is 2. The third-order valence-electron chi connectivity index (χ3n) is 2.71. The van der Waals surface area contributed by atoms with Gasteiger partial charge in [-0.25, -0.2) is 0 Å². The van der Waals surface area contributed by atoms with Crippen LogP contribution in [0.5, 0.6) is 0 Å². The van der Waals surface area contributed by atoms with E-state index in [2.05, 4.69) is 20.6 Å². The van der Waals surface area contributed by atoms with Gasteiger partial charge in [-0.3, -0.25) is 14.8 Å². The number of anilines is 1. The molecule has 0 saturated carbocycles. The predicted octanol–water partition coefficient (Wildman–Crippen LogP) is 1.49. The minimum atomic E-state index is -0.183.